The number of rotatable bonds is 6. The molecule has 4 heteroatoms. The molecule has 1 aromatic heterocycles. The third-order valence-corrected chi connectivity index (χ3v) is 5.08. The number of likely N-dealkylation sites (N-methyl/N-ethyl adjacent to an activating group) is 1. The lowest BCUT2D eigenvalue weighted by molar-refractivity contribution is 0.0945. The molecule has 1 atom stereocenters. The molecule has 0 fully saturated rings. The van der Waals surface area contributed by atoms with E-state index >= 15 is 0 Å². The summed E-state index contributed by atoms with van der Waals surface area (Å²) in [7, 11) is 4.11. The second-order valence-electron chi connectivity index (χ2n) is 5.87. The summed E-state index contributed by atoms with van der Waals surface area (Å²) in [4.78, 5) is 16.4. The number of nitrogens with zero attached hydrogens (tertiary/aromatic N) is 1. The van der Waals surface area contributed by atoms with Crippen LogP contribution in [0.25, 0.3) is 0 Å². The molecule has 1 aromatic carbocycles. The Kier molecular flexibility index (Phi) is 5.75. The highest BCUT2D eigenvalue weighted by atomic mass is 32.1. The Labute approximate surface area is 137 Å². The van der Waals surface area contributed by atoms with E-state index < -0.39 is 0 Å². The Bertz CT molecular complexity index is 600. The number of nitrogens with one attached hydrogen (secondary N) is 1. The molecule has 118 valence electrons. The molecule has 1 heterocycles. The Morgan fingerprint density at radius 3 is 2.45 bits per heavy atom. The van der Waals surface area contributed by atoms with Crippen molar-refractivity contribution < 1.29 is 4.79 Å². The Hall–Kier alpha value is -1.65. The first-order valence-electron chi connectivity index (χ1n) is 7.53. The van der Waals surface area contributed by atoms with Crippen LogP contribution >= 0.6 is 11.3 Å². The topological polar surface area (TPSA) is 32.3 Å². The van der Waals surface area contributed by atoms with Gasteiger partial charge in [-0.3, -0.25) is 4.79 Å². The number of hydrogen-bond acceptors (Lipinski definition) is 3. The minimum Gasteiger partial charge on any atom is -0.350 e. The zero-order valence-corrected chi connectivity index (χ0v) is 14.5. The van der Waals surface area contributed by atoms with E-state index in [2.05, 4.69) is 55.5 Å². The highest BCUT2D eigenvalue weighted by molar-refractivity contribution is 7.14. The van der Waals surface area contributed by atoms with E-state index in [9.17, 15) is 4.79 Å². The zero-order valence-electron chi connectivity index (χ0n) is 13.7. The Morgan fingerprint density at radius 2 is 1.91 bits per heavy atom. The molecular weight excluding hydrogens is 292 g/mol. The van der Waals surface area contributed by atoms with E-state index in [4.69, 9.17) is 0 Å². The molecule has 22 heavy (non-hydrogen) atoms. The summed E-state index contributed by atoms with van der Waals surface area (Å²) >= 11 is 1.56. The van der Waals surface area contributed by atoms with Crippen LogP contribution in [0.4, 0.5) is 0 Å². The fourth-order valence-electron chi connectivity index (χ4n) is 2.31. The summed E-state index contributed by atoms with van der Waals surface area (Å²) in [6.07, 6.45) is 0.927. The molecule has 0 aliphatic heterocycles. The largest absolute Gasteiger partial charge is 0.350 e. The zero-order chi connectivity index (χ0) is 16.1. The molecule has 0 saturated carbocycles. The van der Waals surface area contributed by atoms with Crippen molar-refractivity contribution in [2.75, 3.05) is 20.6 Å². The minimum atomic E-state index is 0.0288. The van der Waals surface area contributed by atoms with Gasteiger partial charge in [-0.2, -0.15) is 0 Å². The van der Waals surface area contributed by atoms with Gasteiger partial charge in [-0.25, -0.2) is 0 Å². The first-order chi connectivity index (χ1) is 10.5. The first-order valence-corrected chi connectivity index (χ1v) is 8.34. The van der Waals surface area contributed by atoms with Crippen LogP contribution < -0.4 is 5.32 Å². The van der Waals surface area contributed by atoms with Crippen LogP contribution in [0.2, 0.25) is 0 Å². The van der Waals surface area contributed by atoms with E-state index in [-0.39, 0.29) is 11.9 Å². The quantitative estimate of drug-likeness (QED) is 0.887. The lowest BCUT2D eigenvalue weighted by Crippen LogP contribution is -2.41. The molecule has 0 spiro atoms. The van der Waals surface area contributed by atoms with Crippen LogP contribution in [0.5, 0.6) is 0 Å². The lowest BCUT2D eigenvalue weighted by atomic mass is 10.1. The van der Waals surface area contributed by atoms with Crippen molar-refractivity contribution in [3.05, 3.63) is 57.3 Å². The number of benzene rings is 1. The smallest absolute Gasteiger partial charge is 0.261 e. The van der Waals surface area contributed by atoms with Crippen molar-refractivity contribution in [1.82, 2.24) is 10.2 Å². The number of hydrogen-bond donors (Lipinski definition) is 1. The first kappa shape index (κ1) is 16.7. The minimum absolute atomic E-state index is 0.0288. The summed E-state index contributed by atoms with van der Waals surface area (Å²) in [5, 5.41) is 3.07. The highest BCUT2D eigenvalue weighted by Crippen LogP contribution is 2.20. The van der Waals surface area contributed by atoms with E-state index in [0.29, 0.717) is 6.54 Å². The molecule has 1 amide bonds. The standard InChI is InChI=1S/C18H24N2OS/c1-13-10-17(22-14(13)2)18(21)19-12-16(20(3)4)11-15-8-6-5-7-9-15/h5-10,16H,11-12H2,1-4H3,(H,19,21). The molecule has 3 nitrogen and oxygen atoms in total. The Balaban J connectivity index is 1.95. The number of amides is 1. The molecule has 1 N–H and O–H groups in total. The summed E-state index contributed by atoms with van der Waals surface area (Å²) in [6.45, 7) is 4.74. The van der Waals surface area contributed by atoms with E-state index in [1.54, 1.807) is 11.3 Å². The number of aryl methyl sites for hydroxylation is 2. The van der Waals surface area contributed by atoms with Crippen molar-refractivity contribution >= 4 is 17.2 Å². The van der Waals surface area contributed by atoms with Crippen LogP contribution in [-0.2, 0) is 6.42 Å². The predicted octanol–water partition coefficient (Wildman–Crippen LogP) is 3.27. The SMILES string of the molecule is Cc1cc(C(=O)NCC(Cc2ccccc2)N(C)C)sc1C. The van der Waals surface area contributed by atoms with Gasteiger partial charge in [-0.15, -0.1) is 11.3 Å². The van der Waals surface area contributed by atoms with Gasteiger partial charge in [0.15, 0.2) is 0 Å². The molecule has 0 aliphatic carbocycles. The molecule has 0 radical (unpaired) electrons. The van der Waals surface area contributed by atoms with Crippen LogP contribution in [0.15, 0.2) is 36.4 Å². The average Bonchev–Trinajstić information content (AvgIpc) is 2.83. The third kappa shape index (κ3) is 4.42. The van der Waals surface area contributed by atoms with Gasteiger partial charge >= 0.3 is 0 Å². The van der Waals surface area contributed by atoms with Crippen LogP contribution in [0.3, 0.4) is 0 Å². The average molecular weight is 316 g/mol. The second kappa shape index (κ2) is 7.56. The molecule has 0 saturated heterocycles. The highest BCUT2D eigenvalue weighted by Gasteiger charge is 2.15. The van der Waals surface area contributed by atoms with Crippen molar-refractivity contribution in [1.29, 1.82) is 0 Å². The van der Waals surface area contributed by atoms with E-state index in [0.717, 1.165) is 11.3 Å². The molecule has 2 rings (SSSR count). The number of carbonyl (C=O) groups excluding carboxylic acids is 1. The molecular formula is C18H24N2OS. The van der Waals surface area contributed by atoms with Crippen LogP contribution in [0.1, 0.15) is 25.7 Å². The van der Waals surface area contributed by atoms with E-state index in [1.807, 2.05) is 19.1 Å². The van der Waals surface area contributed by atoms with E-state index in [1.165, 1.54) is 16.0 Å². The number of thiophene rings is 1. The van der Waals surface area contributed by atoms with Gasteiger partial charge in [-0.1, -0.05) is 30.3 Å². The summed E-state index contributed by atoms with van der Waals surface area (Å²) in [5.74, 6) is 0.0288. The van der Waals surface area contributed by atoms with Gasteiger partial charge in [0.25, 0.3) is 5.91 Å². The van der Waals surface area contributed by atoms with Gasteiger partial charge in [0.05, 0.1) is 4.88 Å². The fourth-order valence-corrected chi connectivity index (χ4v) is 3.26. The Morgan fingerprint density at radius 1 is 1.23 bits per heavy atom. The molecule has 2 aromatic rings. The molecule has 0 aliphatic rings. The summed E-state index contributed by atoms with van der Waals surface area (Å²) in [5.41, 5.74) is 2.47. The van der Waals surface area contributed by atoms with Gasteiger partial charge in [-0.05, 0) is 51.6 Å². The molecule has 0 bridgehead atoms. The predicted molar refractivity (Wildman–Crippen MR) is 93.7 cm³/mol. The number of carbonyl (C=O) groups is 1. The van der Waals surface area contributed by atoms with Gasteiger partial charge in [0, 0.05) is 17.5 Å². The van der Waals surface area contributed by atoms with Gasteiger partial charge < -0.3 is 10.2 Å². The van der Waals surface area contributed by atoms with Crippen LogP contribution in [0, 0.1) is 13.8 Å². The summed E-state index contributed by atoms with van der Waals surface area (Å²) in [6, 6.07) is 12.6. The third-order valence-electron chi connectivity index (χ3n) is 3.93. The van der Waals surface area contributed by atoms with Crippen LogP contribution in [-0.4, -0.2) is 37.5 Å². The fraction of sp³-hybridized carbons (Fsp3) is 0.389. The maximum atomic E-state index is 12.3. The van der Waals surface area contributed by atoms with Crippen molar-refractivity contribution in [2.45, 2.75) is 26.3 Å². The maximum absolute atomic E-state index is 12.3. The van der Waals surface area contributed by atoms with Gasteiger partial charge in [0.2, 0.25) is 0 Å². The summed E-state index contributed by atoms with van der Waals surface area (Å²) < 4.78 is 0. The van der Waals surface area contributed by atoms with Crippen molar-refractivity contribution in [3.63, 3.8) is 0 Å². The lowest BCUT2D eigenvalue weighted by Gasteiger charge is -2.24. The van der Waals surface area contributed by atoms with Gasteiger partial charge in [0.1, 0.15) is 0 Å². The molecule has 1 unspecified atom stereocenters. The monoisotopic (exact) mass is 316 g/mol. The second-order valence-corrected chi connectivity index (χ2v) is 7.12. The normalized spacial score (nSPS) is 12.4. The maximum Gasteiger partial charge on any atom is 0.261 e. The van der Waals surface area contributed by atoms with Crippen molar-refractivity contribution in [3.8, 4) is 0 Å². The van der Waals surface area contributed by atoms with Crippen molar-refractivity contribution in [2.24, 2.45) is 0 Å².